The van der Waals surface area contributed by atoms with E-state index in [-0.39, 0.29) is 10.8 Å². The van der Waals surface area contributed by atoms with Crippen LogP contribution in [0.1, 0.15) is 72.2 Å². The van der Waals surface area contributed by atoms with Gasteiger partial charge < -0.3 is 29.1 Å². The van der Waals surface area contributed by atoms with Gasteiger partial charge in [0.15, 0.2) is 0 Å². The predicted molar refractivity (Wildman–Crippen MR) is 632 cm³/mol. The minimum absolute atomic E-state index is 0.143. The quantitative estimate of drug-likeness (QED) is 0.0845. The van der Waals surface area contributed by atoms with Gasteiger partial charge in [0.05, 0.1) is 39.5 Å². The summed E-state index contributed by atoms with van der Waals surface area (Å²) in [5.41, 5.74) is 38.6. The lowest BCUT2D eigenvalue weighted by Gasteiger charge is -2.31. The Morgan fingerprint density at radius 2 is 0.446 bits per heavy atom. The third-order valence-corrected chi connectivity index (χ3v) is 30.7. The lowest BCUT2D eigenvalue weighted by molar-refractivity contribution is 0.660. The molecule has 1 aromatic heterocycles. The fourth-order valence-electron chi connectivity index (χ4n) is 23.4. The highest BCUT2D eigenvalue weighted by Gasteiger charge is 2.39. The van der Waals surface area contributed by atoms with E-state index in [9.17, 15) is 0 Å². The number of anilines is 15. The van der Waals surface area contributed by atoms with Crippen LogP contribution in [-0.2, 0) is 10.8 Å². The molecule has 25 aromatic rings. The molecule has 0 atom stereocenters. The molecule has 0 N–H and O–H groups in total. The van der Waals surface area contributed by atoms with Crippen molar-refractivity contribution >= 4 is 172 Å². The van der Waals surface area contributed by atoms with Crippen molar-refractivity contribution in [2.24, 2.45) is 0 Å². The van der Waals surface area contributed by atoms with E-state index in [1.807, 2.05) is 0 Å². The SMILES string of the molecule is CC1(C)c2ccccc2-c2ccc(N(c3ccc4c(c3)C(C)(C)c3ccccc3-4)c3ccc(-c4ccc5c(c4)c4ccccc4n5-c4ccccc4)c4ccc5ccccc5c34)cc21.Cc1ccc(N(c2ccc(C)cc2)c2ccc(N(c3ccc(C)cc3)c3ccc(C)cc3)c3c2ccc2ccccc23)cc1.c1ccc(N(c2ccccc2)c2ccc(N(c3ccccc3)c3ccccc3)c3c2ccc2ccccc23)cc1. The molecule has 0 unspecified atom stereocenters. The number of benzene rings is 24. The molecule has 0 bridgehead atoms. The maximum absolute atomic E-state index is 2.55. The summed E-state index contributed by atoms with van der Waals surface area (Å²) in [6.07, 6.45) is 0. The fraction of sp³-hybridized carbons (Fsp3) is 0.0704. The average molecular weight is 1900 g/mol. The summed E-state index contributed by atoms with van der Waals surface area (Å²) < 4.78 is 2.40. The molecule has 148 heavy (non-hydrogen) atoms. The van der Waals surface area contributed by atoms with Crippen LogP contribution in [0, 0.1) is 27.7 Å². The first-order valence-corrected chi connectivity index (χ1v) is 51.5. The highest BCUT2D eigenvalue weighted by Crippen LogP contribution is 2.58. The Labute approximate surface area is 866 Å². The first kappa shape index (κ1) is 90.9. The zero-order valence-corrected chi connectivity index (χ0v) is 84.3. The van der Waals surface area contributed by atoms with Crippen molar-refractivity contribution < 1.29 is 0 Å². The zero-order chi connectivity index (χ0) is 99.8. The zero-order valence-electron chi connectivity index (χ0n) is 84.3. The Morgan fingerprint density at radius 3 is 0.845 bits per heavy atom. The van der Waals surface area contributed by atoms with Crippen LogP contribution in [0.3, 0.4) is 0 Å². The number of fused-ring (bicyclic) bond motifs is 18. The second kappa shape index (κ2) is 37.7. The third kappa shape index (κ3) is 16.1. The summed E-state index contributed by atoms with van der Waals surface area (Å²) in [5, 5.41) is 17.2. The number of rotatable bonds is 17. The smallest absolute Gasteiger partial charge is 0.0547 e. The molecule has 2 aliphatic carbocycles. The van der Waals surface area contributed by atoms with E-state index in [0.717, 1.165) is 79.6 Å². The van der Waals surface area contributed by atoms with Crippen molar-refractivity contribution in [1.82, 2.24) is 4.57 Å². The van der Waals surface area contributed by atoms with E-state index < -0.39 is 0 Å². The average Bonchev–Trinajstić information content (AvgIpc) is 1.44. The molecular formula is C142H110N6. The van der Waals surface area contributed by atoms with Gasteiger partial charge in [0, 0.05) is 111 Å². The minimum Gasteiger partial charge on any atom is -0.310 e. The van der Waals surface area contributed by atoms with Gasteiger partial charge >= 0.3 is 0 Å². The number of aromatic nitrogens is 1. The second-order valence-corrected chi connectivity index (χ2v) is 40.6. The van der Waals surface area contributed by atoms with Gasteiger partial charge in [-0.25, -0.2) is 0 Å². The van der Waals surface area contributed by atoms with Crippen molar-refractivity contribution in [2.45, 2.75) is 66.2 Å². The lowest BCUT2D eigenvalue weighted by Crippen LogP contribution is -2.18. The molecule has 0 aliphatic heterocycles. The summed E-state index contributed by atoms with van der Waals surface area (Å²) in [4.78, 5) is 12.1. The van der Waals surface area contributed by atoms with Gasteiger partial charge in [-0.1, -0.05) is 390 Å². The van der Waals surface area contributed by atoms with Crippen LogP contribution in [0.2, 0.25) is 0 Å². The Morgan fingerprint density at radius 1 is 0.169 bits per heavy atom. The Bertz CT molecular complexity index is 9090. The monoisotopic (exact) mass is 1900 g/mol. The molecule has 708 valence electrons. The topological polar surface area (TPSA) is 21.1 Å². The maximum Gasteiger partial charge on any atom is 0.0547 e. The van der Waals surface area contributed by atoms with Crippen molar-refractivity contribution in [3.05, 3.63) is 566 Å². The Kier molecular flexibility index (Phi) is 23.2. The summed E-state index contributed by atoms with van der Waals surface area (Å²) in [7, 11) is 0. The predicted octanol–water partition coefficient (Wildman–Crippen LogP) is 39.9. The van der Waals surface area contributed by atoms with Crippen LogP contribution in [0.4, 0.5) is 85.3 Å². The van der Waals surface area contributed by atoms with Crippen LogP contribution in [0.5, 0.6) is 0 Å². The summed E-state index contributed by atoms with van der Waals surface area (Å²) in [6, 6.07) is 191. The Hall–Kier alpha value is -18.4. The largest absolute Gasteiger partial charge is 0.310 e. The van der Waals surface area contributed by atoms with Gasteiger partial charge in [0.25, 0.3) is 0 Å². The highest BCUT2D eigenvalue weighted by atomic mass is 15.2. The van der Waals surface area contributed by atoms with Crippen LogP contribution in [0.25, 0.3) is 126 Å². The molecule has 0 radical (unpaired) electrons. The van der Waals surface area contributed by atoms with Crippen LogP contribution in [-0.4, -0.2) is 4.57 Å². The van der Waals surface area contributed by atoms with E-state index >= 15 is 0 Å². The van der Waals surface area contributed by atoms with E-state index in [4.69, 9.17) is 0 Å². The minimum atomic E-state index is -0.143. The molecule has 0 spiro atoms. The summed E-state index contributed by atoms with van der Waals surface area (Å²) in [5.74, 6) is 0. The molecule has 0 fully saturated rings. The van der Waals surface area contributed by atoms with E-state index in [1.54, 1.807) is 0 Å². The van der Waals surface area contributed by atoms with Crippen molar-refractivity contribution in [3.63, 3.8) is 0 Å². The van der Waals surface area contributed by atoms with Gasteiger partial charge in [-0.05, 0) is 303 Å². The molecule has 6 heteroatoms. The molecular weight excluding hydrogens is 1790 g/mol. The van der Waals surface area contributed by atoms with Crippen molar-refractivity contribution in [2.75, 3.05) is 24.5 Å². The molecule has 0 saturated heterocycles. The first-order chi connectivity index (χ1) is 72.6. The Balaban J connectivity index is 0.000000120. The highest BCUT2D eigenvalue weighted by molar-refractivity contribution is 6.23. The van der Waals surface area contributed by atoms with Crippen LogP contribution < -0.4 is 24.5 Å². The normalized spacial score (nSPS) is 12.4. The number of aryl methyl sites for hydroxylation is 4. The molecule has 0 saturated carbocycles. The second-order valence-electron chi connectivity index (χ2n) is 40.6. The van der Waals surface area contributed by atoms with E-state index in [0.29, 0.717) is 0 Å². The molecule has 1 heterocycles. The van der Waals surface area contributed by atoms with E-state index in [2.05, 4.69) is 606 Å². The summed E-state index contributed by atoms with van der Waals surface area (Å²) in [6.45, 7) is 18.1. The van der Waals surface area contributed by atoms with Gasteiger partial charge in [0.1, 0.15) is 0 Å². The molecule has 2 aliphatic rings. The van der Waals surface area contributed by atoms with Crippen molar-refractivity contribution in [1.29, 1.82) is 0 Å². The van der Waals surface area contributed by atoms with Gasteiger partial charge in [-0.2, -0.15) is 0 Å². The van der Waals surface area contributed by atoms with Gasteiger partial charge in [-0.3, -0.25) is 0 Å². The molecule has 24 aromatic carbocycles. The number of hydrogen-bond donors (Lipinski definition) is 0. The fourth-order valence-corrected chi connectivity index (χ4v) is 23.4. The number of nitrogens with zero attached hydrogens (tertiary/aromatic N) is 6. The summed E-state index contributed by atoms with van der Waals surface area (Å²) >= 11 is 0. The third-order valence-electron chi connectivity index (χ3n) is 30.7. The number of para-hydroxylation sites is 6. The standard InChI is InChI=1S/C62H46N2.C42H36N2.C38H28N2/c1-61(2)53-23-13-10-20-46(53)48-31-28-42(37-55(48)61)63(43-29-32-49-47-21-11-14-24-54(47)62(3,4)56(49)38-43)59-35-33-44(51-30-26-39-16-8-9-19-45(39)60(51)59)40-27-34-58-52(36-40)50-22-12-15-25-57(50)64(58)41-17-6-5-7-18-41;1-29-9-18-34(19-10-29)43(35-20-11-30(2)12-21-35)40-27-28-41(42-38-8-6-5-7-33(38)17-26-39(40)42)44(36-22-13-31(3)14-23-36)37-24-15-32(4)16-25-37;1-5-16-30(17-6-1)39(31-18-7-2-8-19-31)36-27-28-37(38-34-24-14-13-15-29(34)25-26-35(36)38)40(32-20-9-3-10-21-32)33-22-11-4-12-23-33/h5-38H,1-4H3;5-28H,1-4H3;1-28H. The molecule has 27 rings (SSSR count). The lowest BCUT2D eigenvalue weighted by atomic mass is 9.82. The van der Waals surface area contributed by atoms with Crippen LogP contribution in [0.15, 0.2) is 522 Å². The van der Waals surface area contributed by atoms with Crippen LogP contribution >= 0.6 is 0 Å². The maximum atomic E-state index is 2.55. The molecule has 6 nitrogen and oxygen atoms in total. The van der Waals surface area contributed by atoms with E-state index in [1.165, 1.54) is 176 Å². The number of hydrogen-bond acceptors (Lipinski definition) is 5. The van der Waals surface area contributed by atoms with Gasteiger partial charge in [0.2, 0.25) is 0 Å². The first-order valence-electron chi connectivity index (χ1n) is 51.5. The van der Waals surface area contributed by atoms with Crippen molar-refractivity contribution in [3.8, 4) is 39.1 Å². The molecule has 0 amide bonds. The van der Waals surface area contributed by atoms with Gasteiger partial charge in [-0.15, -0.1) is 0 Å².